The van der Waals surface area contributed by atoms with E-state index < -0.39 is 12.1 Å². The van der Waals surface area contributed by atoms with E-state index in [9.17, 15) is 28.8 Å². The standard InChI is InChI=1S/2C30H31ClN8O4/c2*1-18-4-3-5-23(34-27(40)11-7-20-15-21(31)8-10-26(20)39-17-33-37-38-39)30-32-16-25(36-30)22-9-6-19(14-29(42)43-2)13-24(22)35-28(41)12-18/h2*6-11,13,15-18,23H,3-5,12,14H2,1-2H3,(H,32,36)(H,34,40)(H,35,41)/b2*11-7+/t18-,23+;18-,23-/m10/s1. The zero-order valence-electron chi connectivity index (χ0n) is 47.4. The molecule has 86 heavy (non-hydrogen) atoms. The second-order valence-corrected chi connectivity index (χ2v) is 21.8. The van der Waals surface area contributed by atoms with Crippen LogP contribution in [-0.2, 0) is 51.1 Å². The van der Waals surface area contributed by atoms with Crippen molar-refractivity contribution >= 4 is 82.3 Å². The van der Waals surface area contributed by atoms with Crippen molar-refractivity contribution < 1.29 is 38.2 Å². The molecule has 4 bridgehead atoms. The lowest BCUT2D eigenvalue weighted by molar-refractivity contribution is -0.140. The van der Waals surface area contributed by atoms with Gasteiger partial charge in [0.05, 0.1) is 85.7 Å². The first-order chi connectivity index (χ1) is 41.6. The predicted molar refractivity (Wildman–Crippen MR) is 320 cm³/mol. The van der Waals surface area contributed by atoms with E-state index in [0.29, 0.717) is 115 Å². The van der Waals surface area contributed by atoms with E-state index in [1.54, 1.807) is 73.1 Å². The maximum absolute atomic E-state index is 13.2. The topological polar surface area (TPSA) is 314 Å². The third kappa shape index (κ3) is 16.4. The van der Waals surface area contributed by atoms with Gasteiger partial charge in [-0.05, 0) is 117 Å². The number of fused-ring (bicyclic) bond motifs is 8. The monoisotopic (exact) mass is 1200 g/mol. The molecule has 10 rings (SSSR count). The summed E-state index contributed by atoms with van der Waals surface area (Å²) in [5, 5.41) is 35.8. The molecule has 4 amide bonds. The Morgan fingerprint density at radius 1 is 0.605 bits per heavy atom. The molecule has 0 spiro atoms. The molecule has 4 aromatic heterocycles. The van der Waals surface area contributed by atoms with E-state index in [1.165, 1.54) is 48.4 Å². The largest absolute Gasteiger partial charge is 0.469 e. The minimum atomic E-state index is -0.400. The molecular weight excluding hydrogens is 1140 g/mol. The number of halogens is 2. The molecule has 4 atom stereocenters. The Morgan fingerprint density at radius 3 is 1.43 bits per heavy atom. The Hall–Kier alpha value is -9.68. The highest BCUT2D eigenvalue weighted by atomic mass is 35.5. The van der Waals surface area contributed by atoms with Crippen molar-refractivity contribution in [2.24, 2.45) is 11.8 Å². The van der Waals surface area contributed by atoms with Gasteiger partial charge in [-0.25, -0.2) is 9.97 Å². The minimum Gasteiger partial charge on any atom is -0.469 e. The molecule has 2 aliphatic heterocycles. The molecule has 0 saturated carbocycles. The van der Waals surface area contributed by atoms with Crippen LogP contribution in [-0.4, -0.2) is 110 Å². The Morgan fingerprint density at radius 2 is 1.03 bits per heavy atom. The van der Waals surface area contributed by atoms with Crippen molar-refractivity contribution in [2.45, 2.75) is 90.1 Å². The molecule has 0 saturated heterocycles. The van der Waals surface area contributed by atoms with Crippen molar-refractivity contribution in [1.82, 2.24) is 71.0 Å². The molecule has 0 unspecified atom stereocenters. The number of H-pyrrole nitrogens is 2. The highest BCUT2D eigenvalue weighted by Crippen LogP contribution is 2.34. The van der Waals surface area contributed by atoms with Crippen molar-refractivity contribution in [3.63, 3.8) is 0 Å². The summed E-state index contributed by atoms with van der Waals surface area (Å²) in [6.45, 7) is 4.06. The lowest BCUT2D eigenvalue weighted by Gasteiger charge is -2.17. The molecule has 8 aromatic rings. The summed E-state index contributed by atoms with van der Waals surface area (Å²) in [4.78, 5) is 91.7. The molecule has 0 fully saturated rings. The molecule has 6 N–H and O–H groups in total. The van der Waals surface area contributed by atoms with Gasteiger partial charge in [-0.1, -0.05) is 87.0 Å². The fraction of sp³-hybridized carbons (Fsp3) is 0.300. The smallest absolute Gasteiger partial charge is 0.309 e. The van der Waals surface area contributed by atoms with Gasteiger partial charge in [0.15, 0.2) is 0 Å². The van der Waals surface area contributed by atoms with Gasteiger partial charge in [0.25, 0.3) is 0 Å². The third-order valence-electron chi connectivity index (χ3n) is 14.4. The average molecular weight is 1210 g/mol. The lowest BCUT2D eigenvalue weighted by Crippen LogP contribution is -2.28. The van der Waals surface area contributed by atoms with Crippen molar-refractivity contribution in [1.29, 1.82) is 0 Å². The van der Waals surface area contributed by atoms with E-state index in [1.807, 2.05) is 38.1 Å². The van der Waals surface area contributed by atoms with Gasteiger partial charge in [-0.15, -0.1) is 10.2 Å². The number of rotatable bonds is 12. The molecule has 24 nitrogen and oxygen atoms in total. The van der Waals surface area contributed by atoms with E-state index >= 15 is 0 Å². The van der Waals surface area contributed by atoms with Crippen LogP contribution in [0.4, 0.5) is 11.4 Å². The van der Waals surface area contributed by atoms with Gasteiger partial charge in [0.1, 0.15) is 24.3 Å². The molecule has 2 aliphatic rings. The Kier molecular flexibility index (Phi) is 20.3. The number of hydrogen-bond donors (Lipinski definition) is 6. The molecule has 6 heterocycles. The van der Waals surface area contributed by atoms with Crippen LogP contribution in [0.25, 0.3) is 46.0 Å². The maximum atomic E-state index is 13.2. The molecular formula is C60H62Cl2N16O8. The van der Waals surface area contributed by atoms with Crippen LogP contribution in [0.15, 0.2) is 110 Å². The maximum Gasteiger partial charge on any atom is 0.309 e. The van der Waals surface area contributed by atoms with Crippen LogP contribution in [0.1, 0.15) is 111 Å². The fourth-order valence-corrected chi connectivity index (χ4v) is 10.4. The number of aromatic amines is 2. The zero-order chi connectivity index (χ0) is 60.7. The number of anilines is 2. The minimum absolute atomic E-state index is 0.0817. The summed E-state index contributed by atoms with van der Waals surface area (Å²) < 4.78 is 12.6. The number of nitrogens with one attached hydrogen (secondary N) is 6. The Labute approximate surface area is 503 Å². The number of imidazole rings is 2. The molecule has 0 aliphatic carbocycles. The second-order valence-electron chi connectivity index (χ2n) is 20.9. The van der Waals surface area contributed by atoms with Crippen molar-refractivity contribution in [3.05, 3.63) is 154 Å². The number of ether oxygens (including phenoxy) is 2. The quantitative estimate of drug-likeness (QED) is 0.0491. The van der Waals surface area contributed by atoms with Gasteiger partial charge in [0.2, 0.25) is 23.6 Å². The number of hydrogen-bond acceptors (Lipinski definition) is 16. The summed E-state index contributed by atoms with van der Waals surface area (Å²) in [6.07, 6.45) is 17.7. The normalized spacial score (nSPS) is 17.2. The van der Waals surface area contributed by atoms with Crippen LogP contribution in [0.5, 0.6) is 0 Å². The van der Waals surface area contributed by atoms with Gasteiger partial charge in [-0.3, -0.25) is 28.8 Å². The van der Waals surface area contributed by atoms with Gasteiger partial charge >= 0.3 is 11.9 Å². The fourth-order valence-electron chi connectivity index (χ4n) is 10.0. The highest BCUT2D eigenvalue weighted by molar-refractivity contribution is 6.31. The molecule has 4 aromatic carbocycles. The van der Waals surface area contributed by atoms with Gasteiger partial charge in [0, 0.05) is 57.3 Å². The molecule has 26 heteroatoms. The summed E-state index contributed by atoms with van der Waals surface area (Å²) >= 11 is 12.4. The second kappa shape index (κ2) is 28.7. The molecule has 444 valence electrons. The number of amides is 4. The van der Waals surface area contributed by atoms with Crippen molar-refractivity contribution in [2.75, 3.05) is 24.9 Å². The number of nitrogens with zero attached hydrogens (tertiary/aromatic N) is 10. The summed E-state index contributed by atoms with van der Waals surface area (Å²) in [5.74, 6) is -0.158. The SMILES string of the molecule is COC(=O)Cc1ccc2c(c1)NC(=O)C[C@@H](C)CCC[C@H](NC(=O)/C=C/c1cc(Cl)ccc1-n1cnnn1)c1ncc-2[nH]1.COC(=O)Cc1ccc2c(c1)NC(=O)C[C@H](C)CCC[C@H](NC(=O)/C=C/c1cc(Cl)ccc1-n1cnnn1)c1ncc-2[nH]1. The first-order valence-electron chi connectivity index (χ1n) is 27.7. The number of aromatic nitrogens is 12. The zero-order valence-corrected chi connectivity index (χ0v) is 48.9. The number of tetrazole rings is 2. The van der Waals surface area contributed by atoms with Crippen LogP contribution >= 0.6 is 23.2 Å². The van der Waals surface area contributed by atoms with E-state index in [4.69, 9.17) is 32.7 Å². The third-order valence-corrected chi connectivity index (χ3v) is 14.8. The first kappa shape index (κ1) is 60.9. The van der Waals surface area contributed by atoms with Crippen LogP contribution < -0.4 is 21.3 Å². The van der Waals surface area contributed by atoms with Crippen LogP contribution in [0, 0.1) is 11.8 Å². The summed E-state index contributed by atoms with van der Waals surface area (Å²) in [7, 11) is 2.68. The van der Waals surface area contributed by atoms with E-state index in [-0.39, 0.29) is 60.2 Å². The summed E-state index contributed by atoms with van der Waals surface area (Å²) in [5.41, 5.74) is 7.99. The number of carbonyl (C=O) groups excluding carboxylic acids is 6. The molecule has 0 radical (unpaired) electrons. The van der Waals surface area contributed by atoms with Crippen molar-refractivity contribution in [3.8, 4) is 33.9 Å². The first-order valence-corrected chi connectivity index (χ1v) is 28.5. The Balaban J connectivity index is 0.000000205. The van der Waals surface area contributed by atoms with Crippen LogP contribution in [0.3, 0.4) is 0 Å². The average Bonchev–Trinajstić information content (AvgIpc) is 4.50. The van der Waals surface area contributed by atoms with E-state index in [0.717, 1.165) is 25.7 Å². The van der Waals surface area contributed by atoms with Crippen LogP contribution in [0.2, 0.25) is 10.0 Å². The van der Waals surface area contributed by atoms with Gasteiger partial charge < -0.3 is 40.7 Å². The number of esters is 2. The summed E-state index contributed by atoms with van der Waals surface area (Å²) in [6, 6.07) is 20.5. The number of methoxy groups -OCH3 is 2. The van der Waals surface area contributed by atoms with E-state index in [2.05, 4.69) is 72.3 Å². The highest BCUT2D eigenvalue weighted by Gasteiger charge is 2.24. The number of carbonyl (C=O) groups is 6. The predicted octanol–water partition coefficient (Wildman–Crippen LogP) is 8.88. The Bertz CT molecular complexity index is 3540. The van der Waals surface area contributed by atoms with Gasteiger partial charge in [-0.2, -0.15) is 9.36 Å². The number of benzene rings is 4. The lowest BCUT2D eigenvalue weighted by atomic mass is 9.97.